The van der Waals surface area contributed by atoms with Gasteiger partial charge < -0.3 is 20.1 Å². The average Bonchev–Trinajstić information content (AvgIpc) is 2.40. The first-order valence-corrected chi connectivity index (χ1v) is 6.30. The monoisotopic (exact) mass is 286 g/mol. The van der Waals surface area contributed by atoms with Gasteiger partial charge in [0, 0.05) is 19.2 Å². The number of rotatable bonds is 7. The molecule has 0 aliphatic rings. The molecule has 1 atom stereocenters. The second-order valence-corrected chi connectivity index (χ2v) is 4.56. The van der Waals surface area contributed by atoms with Crippen molar-refractivity contribution in [1.82, 2.24) is 4.90 Å². The molecule has 0 spiro atoms. The summed E-state index contributed by atoms with van der Waals surface area (Å²) in [5, 5.41) is 0.658. The number of amides is 1. The third-order valence-electron chi connectivity index (χ3n) is 2.55. The molecule has 0 saturated carbocycles. The van der Waals surface area contributed by atoms with Gasteiger partial charge in [-0.1, -0.05) is 11.6 Å². The molecule has 0 aliphatic heterocycles. The van der Waals surface area contributed by atoms with E-state index in [-0.39, 0.29) is 12.5 Å². The zero-order valence-corrected chi connectivity index (χ0v) is 11.9. The first kappa shape index (κ1) is 15.8. The van der Waals surface area contributed by atoms with Crippen LogP contribution in [0.4, 0.5) is 0 Å². The highest BCUT2D eigenvalue weighted by Gasteiger charge is 2.17. The SMILES string of the molecule is COCC(N)C(=O)N(C)CCOc1ccc(Cl)cc1. The molecular formula is C13H19ClN2O3. The molecule has 1 amide bonds. The Hall–Kier alpha value is -1.30. The molecule has 1 aromatic carbocycles. The number of hydrogen-bond acceptors (Lipinski definition) is 4. The summed E-state index contributed by atoms with van der Waals surface area (Å²) in [6.45, 7) is 1.06. The van der Waals surface area contributed by atoms with Crippen LogP contribution in [0.3, 0.4) is 0 Å². The van der Waals surface area contributed by atoms with Gasteiger partial charge >= 0.3 is 0 Å². The standard InChI is InChI=1S/C13H19ClN2O3/c1-16(13(17)12(15)9-18-2)7-8-19-11-5-3-10(14)4-6-11/h3-6,12H,7-9,15H2,1-2H3. The summed E-state index contributed by atoms with van der Waals surface area (Å²) in [5.74, 6) is 0.549. The molecule has 6 heteroatoms. The minimum Gasteiger partial charge on any atom is -0.492 e. The molecule has 5 nitrogen and oxygen atoms in total. The van der Waals surface area contributed by atoms with Crippen molar-refractivity contribution in [2.24, 2.45) is 5.73 Å². The number of nitrogens with two attached hydrogens (primary N) is 1. The lowest BCUT2D eigenvalue weighted by molar-refractivity contribution is -0.132. The van der Waals surface area contributed by atoms with E-state index >= 15 is 0 Å². The van der Waals surface area contributed by atoms with E-state index in [0.717, 1.165) is 0 Å². The van der Waals surface area contributed by atoms with Crippen LogP contribution in [0.5, 0.6) is 5.75 Å². The summed E-state index contributed by atoms with van der Waals surface area (Å²) in [6.07, 6.45) is 0. The van der Waals surface area contributed by atoms with E-state index in [1.807, 2.05) is 0 Å². The van der Waals surface area contributed by atoms with Crippen LogP contribution >= 0.6 is 11.6 Å². The van der Waals surface area contributed by atoms with Crippen LogP contribution in [0, 0.1) is 0 Å². The number of carbonyl (C=O) groups excluding carboxylic acids is 1. The molecule has 19 heavy (non-hydrogen) atoms. The number of methoxy groups -OCH3 is 1. The lowest BCUT2D eigenvalue weighted by Crippen LogP contribution is -2.45. The lowest BCUT2D eigenvalue weighted by Gasteiger charge is -2.21. The molecule has 1 unspecified atom stereocenters. The van der Waals surface area contributed by atoms with Crippen molar-refractivity contribution in [2.45, 2.75) is 6.04 Å². The molecule has 0 radical (unpaired) electrons. The second kappa shape index (κ2) is 7.99. The first-order valence-electron chi connectivity index (χ1n) is 5.92. The maximum atomic E-state index is 11.8. The lowest BCUT2D eigenvalue weighted by atomic mass is 10.3. The maximum Gasteiger partial charge on any atom is 0.241 e. The van der Waals surface area contributed by atoms with Gasteiger partial charge in [-0.2, -0.15) is 0 Å². The molecule has 0 fully saturated rings. The summed E-state index contributed by atoms with van der Waals surface area (Å²) < 4.78 is 10.3. The molecule has 1 rings (SSSR count). The molecule has 0 heterocycles. The summed E-state index contributed by atoms with van der Waals surface area (Å²) in [6, 6.07) is 6.42. The van der Waals surface area contributed by atoms with E-state index in [9.17, 15) is 4.79 Å². The van der Waals surface area contributed by atoms with Crippen LogP contribution < -0.4 is 10.5 Å². The number of halogens is 1. The van der Waals surface area contributed by atoms with Crippen molar-refractivity contribution < 1.29 is 14.3 Å². The summed E-state index contributed by atoms with van der Waals surface area (Å²) in [4.78, 5) is 13.3. The van der Waals surface area contributed by atoms with Crippen LogP contribution in [0.15, 0.2) is 24.3 Å². The molecule has 0 aromatic heterocycles. The fourth-order valence-corrected chi connectivity index (χ4v) is 1.60. The fourth-order valence-electron chi connectivity index (χ4n) is 1.48. The number of ether oxygens (including phenoxy) is 2. The third-order valence-corrected chi connectivity index (χ3v) is 2.80. The van der Waals surface area contributed by atoms with E-state index < -0.39 is 6.04 Å². The van der Waals surface area contributed by atoms with Crippen molar-refractivity contribution >= 4 is 17.5 Å². The minimum absolute atomic E-state index is 0.165. The molecule has 0 aliphatic carbocycles. The van der Waals surface area contributed by atoms with Gasteiger partial charge in [-0.3, -0.25) is 4.79 Å². The van der Waals surface area contributed by atoms with Crippen molar-refractivity contribution in [2.75, 3.05) is 33.9 Å². The number of benzene rings is 1. The van der Waals surface area contributed by atoms with Gasteiger partial charge in [-0.25, -0.2) is 0 Å². The number of likely N-dealkylation sites (N-methyl/N-ethyl adjacent to an activating group) is 1. The predicted octanol–water partition coefficient (Wildman–Crippen LogP) is 1.15. The third kappa shape index (κ3) is 5.46. The maximum absolute atomic E-state index is 11.8. The molecule has 1 aromatic rings. The Bertz CT molecular complexity index is 397. The highest BCUT2D eigenvalue weighted by Crippen LogP contribution is 2.15. The predicted molar refractivity (Wildman–Crippen MR) is 74.4 cm³/mol. The van der Waals surface area contributed by atoms with Crippen LogP contribution in [0.2, 0.25) is 5.02 Å². The van der Waals surface area contributed by atoms with Crippen molar-refractivity contribution in [3.63, 3.8) is 0 Å². The van der Waals surface area contributed by atoms with Crippen molar-refractivity contribution in [3.8, 4) is 5.75 Å². The molecule has 0 saturated heterocycles. The van der Waals surface area contributed by atoms with E-state index in [0.29, 0.717) is 23.9 Å². The van der Waals surface area contributed by atoms with E-state index in [1.165, 1.54) is 12.0 Å². The quantitative estimate of drug-likeness (QED) is 0.817. The van der Waals surface area contributed by atoms with E-state index in [1.54, 1.807) is 31.3 Å². The van der Waals surface area contributed by atoms with Gasteiger partial charge in [-0.05, 0) is 24.3 Å². The Morgan fingerprint density at radius 3 is 2.63 bits per heavy atom. The van der Waals surface area contributed by atoms with Crippen molar-refractivity contribution in [3.05, 3.63) is 29.3 Å². The van der Waals surface area contributed by atoms with Crippen LogP contribution in [0.25, 0.3) is 0 Å². The van der Waals surface area contributed by atoms with E-state index in [2.05, 4.69) is 0 Å². The molecule has 106 valence electrons. The zero-order chi connectivity index (χ0) is 14.3. The topological polar surface area (TPSA) is 64.8 Å². The average molecular weight is 287 g/mol. The molecular weight excluding hydrogens is 268 g/mol. The Kier molecular flexibility index (Phi) is 6.62. The summed E-state index contributed by atoms with van der Waals surface area (Å²) >= 11 is 5.77. The van der Waals surface area contributed by atoms with Gasteiger partial charge in [0.2, 0.25) is 5.91 Å². The van der Waals surface area contributed by atoms with Crippen LogP contribution in [0.1, 0.15) is 0 Å². The van der Waals surface area contributed by atoms with Gasteiger partial charge in [0.05, 0.1) is 13.2 Å². The smallest absolute Gasteiger partial charge is 0.241 e. The number of carbonyl (C=O) groups is 1. The van der Waals surface area contributed by atoms with Gasteiger partial charge in [-0.15, -0.1) is 0 Å². The largest absolute Gasteiger partial charge is 0.492 e. The molecule has 2 N–H and O–H groups in total. The second-order valence-electron chi connectivity index (χ2n) is 4.12. The Morgan fingerprint density at radius 1 is 1.42 bits per heavy atom. The van der Waals surface area contributed by atoms with Gasteiger partial charge in [0.15, 0.2) is 0 Å². The molecule has 0 bridgehead atoms. The Balaban J connectivity index is 2.32. The number of hydrogen-bond donors (Lipinski definition) is 1. The Morgan fingerprint density at radius 2 is 2.05 bits per heavy atom. The van der Waals surface area contributed by atoms with Crippen LogP contribution in [-0.4, -0.2) is 50.8 Å². The summed E-state index contributed by atoms with van der Waals surface area (Å²) in [5.41, 5.74) is 5.66. The Labute approximate surface area is 118 Å². The van der Waals surface area contributed by atoms with E-state index in [4.69, 9.17) is 26.8 Å². The minimum atomic E-state index is -0.634. The van der Waals surface area contributed by atoms with Crippen LogP contribution in [-0.2, 0) is 9.53 Å². The normalized spacial score (nSPS) is 12.0. The summed E-state index contributed by atoms with van der Waals surface area (Å²) in [7, 11) is 3.19. The number of nitrogens with zero attached hydrogens (tertiary/aromatic N) is 1. The fraction of sp³-hybridized carbons (Fsp3) is 0.462. The van der Waals surface area contributed by atoms with Gasteiger partial charge in [0.1, 0.15) is 18.4 Å². The first-order chi connectivity index (χ1) is 9.04. The van der Waals surface area contributed by atoms with Crippen molar-refractivity contribution in [1.29, 1.82) is 0 Å². The van der Waals surface area contributed by atoms with Gasteiger partial charge in [0.25, 0.3) is 0 Å². The zero-order valence-electron chi connectivity index (χ0n) is 11.1. The highest BCUT2D eigenvalue weighted by molar-refractivity contribution is 6.30. The highest BCUT2D eigenvalue weighted by atomic mass is 35.5.